The first kappa shape index (κ1) is 23.1. The molecule has 0 radical (unpaired) electrons. The fourth-order valence-electron chi connectivity index (χ4n) is 4.54. The molecule has 2 aromatic rings. The Morgan fingerprint density at radius 1 is 1.18 bits per heavy atom. The van der Waals surface area contributed by atoms with E-state index in [2.05, 4.69) is 29.3 Å². The number of piperidine rings is 1. The highest BCUT2D eigenvalue weighted by Crippen LogP contribution is 2.32. The average Bonchev–Trinajstić information content (AvgIpc) is 3.24. The molecule has 1 aromatic carbocycles. The molecule has 0 saturated carbocycles. The van der Waals surface area contributed by atoms with Gasteiger partial charge in [-0.1, -0.05) is 23.7 Å². The molecule has 3 aliphatic heterocycles. The highest BCUT2D eigenvalue weighted by molar-refractivity contribution is 7.89. The number of allylic oxidation sites excluding steroid dienone is 1. The number of hydrogen-bond donors (Lipinski definition) is 1. The molecule has 5 rings (SSSR count). The Hall–Kier alpha value is -2.69. The number of nitrogens with one attached hydrogen (secondary N) is 1. The maximum atomic E-state index is 13.1. The third-order valence-corrected chi connectivity index (χ3v) is 8.59. The number of rotatable bonds is 6. The number of benzene rings is 1. The molecule has 34 heavy (non-hydrogen) atoms. The Balaban J connectivity index is 1.30. The summed E-state index contributed by atoms with van der Waals surface area (Å²) in [5, 5.41) is 10.4. The monoisotopic (exact) mass is 496 g/mol. The van der Waals surface area contributed by atoms with Gasteiger partial charge in [0.25, 0.3) is 0 Å². The summed E-state index contributed by atoms with van der Waals surface area (Å²) in [6, 6.07) is 10.4. The fraction of sp³-hybridized carbons (Fsp3) is 0.348. The van der Waals surface area contributed by atoms with Crippen LogP contribution < -0.4 is 5.32 Å². The molecule has 1 saturated heterocycles. The minimum Gasteiger partial charge on any atom is -0.366 e. The molecule has 0 bridgehead atoms. The smallest absolute Gasteiger partial charge is 0.243 e. The van der Waals surface area contributed by atoms with Crippen molar-refractivity contribution >= 4 is 41.4 Å². The number of aliphatic imine (C=N–C) groups is 1. The van der Waals surface area contributed by atoms with Crippen LogP contribution in [-0.4, -0.2) is 61.7 Å². The SMILES string of the molecule is BC1C=NN2C(NCc3cccnc3)=CC(C3CCN(S(=O)(=O)c4cccc(Cl)c4)CC3)=NC12. The van der Waals surface area contributed by atoms with Gasteiger partial charge in [-0.3, -0.25) is 9.98 Å². The van der Waals surface area contributed by atoms with Crippen molar-refractivity contribution < 1.29 is 8.42 Å². The molecule has 0 aliphatic carbocycles. The van der Waals surface area contributed by atoms with E-state index < -0.39 is 10.0 Å². The molecule has 3 aliphatic rings. The van der Waals surface area contributed by atoms with E-state index in [0.29, 0.717) is 37.5 Å². The van der Waals surface area contributed by atoms with E-state index in [1.54, 1.807) is 28.7 Å². The molecule has 1 aromatic heterocycles. The van der Waals surface area contributed by atoms with Crippen LogP contribution in [0.1, 0.15) is 18.4 Å². The third-order valence-electron chi connectivity index (χ3n) is 6.46. The summed E-state index contributed by atoms with van der Waals surface area (Å²) in [6.07, 6.45) is 8.94. The molecule has 1 fully saturated rings. The Bertz CT molecular complexity index is 1250. The summed E-state index contributed by atoms with van der Waals surface area (Å²) in [4.78, 5) is 9.43. The Morgan fingerprint density at radius 2 is 2.00 bits per heavy atom. The fourth-order valence-corrected chi connectivity index (χ4v) is 6.31. The lowest BCUT2D eigenvalue weighted by molar-refractivity contribution is 0.269. The first-order chi connectivity index (χ1) is 16.4. The van der Waals surface area contributed by atoms with Gasteiger partial charge in [0, 0.05) is 66.8 Å². The maximum Gasteiger partial charge on any atom is 0.243 e. The van der Waals surface area contributed by atoms with Crippen LogP contribution in [0, 0.1) is 5.92 Å². The Kier molecular flexibility index (Phi) is 6.46. The van der Waals surface area contributed by atoms with Crippen LogP contribution in [0.3, 0.4) is 0 Å². The van der Waals surface area contributed by atoms with Gasteiger partial charge in [0.2, 0.25) is 10.0 Å². The van der Waals surface area contributed by atoms with Crippen LogP contribution in [0.2, 0.25) is 10.8 Å². The molecule has 1 N–H and O–H groups in total. The summed E-state index contributed by atoms with van der Waals surface area (Å²) >= 11 is 6.02. The summed E-state index contributed by atoms with van der Waals surface area (Å²) < 4.78 is 27.7. The van der Waals surface area contributed by atoms with Crippen molar-refractivity contribution in [1.82, 2.24) is 19.6 Å². The first-order valence-corrected chi connectivity index (χ1v) is 13.2. The summed E-state index contributed by atoms with van der Waals surface area (Å²) in [5.41, 5.74) is 2.09. The normalized spacial score (nSPS) is 23.4. The molecule has 8 nitrogen and oxygen atoms in total. The van der Waals surface area contributed by atoms with E-state index in [0.717, 1.165) is 17.1 Å². The lowest BCUT2D eigenvalue weighted by atomic mass is 9.85. The molecule has 4 heterocycles. The lowest BCUT2D eigenvalue weighted by Gasteiger charge is -2.35. The minimum absolute atomic E-state index is 0.0791. The Labute approximate surface area is 205 Å². The topological polar surface area (TPSA) is 90.3 Å². The van der Waals surface area contributed by atoms with E-state index in [1.165, 1.54) is 6.07 Å². The number of hydrogen-bond acceptors (Lipinski definition) is 7. The second-order valence-corrected chi connectivity index (χ2v) is 11.2. The maximum absolute atomic E-state index is 13.1. The van der Waals surface area contributed by atoms with Crippen molar-refractivity contribution in [2.75, 3.05) is 13.1 Å². The van der Waals surface area contributed by atoms with E-state index in [9.17, 15) is 8.42 Å². The molecular weight excluding hydrogens is 471 g/mol. The number of fused-ring (bicyclic) bond motifs is 1. The highest BCUT2D eigenvalue weighted by Gasteiger charge is 2.36. The number of nitrogens with zero attached hydrogens (tertiary/aromatic N) is 5. The van der Waals surface area contributed by atoms with Crippen molar-refractivity contribution in [2.45, 2.75) is 36.3 Å². The zero-order valence-corrected chi connectivity index (χ0v) is 20.5. The van der Waals surface area contributed by atoms with Crippen molar-refractivity contribution in [3.8, 4) is 0 Å². The van der Waals surface area contributed by atoms with Crippen molar-refractivity contribution in [3.05, 3.63) is 71.3 Å². The predicted molar refractivity (Wildman–Crippen MR) is 136 cm³/mol. The quantitative estimate of drug-likeness (QED) is 0.620. The first-order valence-electron chi connectivity index (χ1n) is 11.4. The van der Waals surface area contributed by atoms with Crippen LogP contribution in [-0.2, 0) is 16.6 Å². The largest absolute Gasteiger partial charge is 0.366 e. The number of sulfonamides is 1. The molecule has 176 valence electrons. The molecule has 2 atom stereocenters. The van der Waals surface area contributed by atoms with E-state index in [4.69, 9.17) is 16.6 Å². The number of pyridine rings is 1. The van der Waals surface area contributed by atoms with Crippen LogP contribution in [0.25, 0.3) is 0 Å². The average molecular weight is 497 g/mol. The predicted octanol–water partition coefficient (Wildman–Crippen LogP) is 2.27. The van der Waals surface area contributed by atoms with Crippen molar-refractivity contribution in [2.24, 2.45) is 16.0 Å². The lowest BCUT2D eigenvalue weighted by Crippen LogP contribution is -2.43. The van der Waals surface area contributed by atoms with Gasteiger partial charge in [0.05, 0.1) is 4.90 Å². The van der Waals surface area contributed by atoms with Gasteiger partial charge in [-0.2, -0.15) is 9.41 Å². The summed E-state index contributed by atoms with van der Waals surface area (Å²) in [7, 11) is -1.45. The van der Waals surface area contributed by atoms with Crippen molar-refractivity contribution in [3.63, 3.8) is 0 Å². The summed E-state index contributed by atoms with van der Waals surface area (Å²) in [6.45, 7) is 1.53. The molecule has 0 amide bonds. The van der Waals surface area contributed by atoms with Crippen LogP contribution >= 0.6 is 11.6 Å². The molecular formula is C23H26BClN6O2S. The van der Waals surface area contributed by atoms with Gasteiger partial charge in [-0.05, 0) is 42.7 Å². The zero-order valence-electron chi connectivity index (χ0n) is 18.9. The highest BCUT2D eigenvalue weighted by atomic mass is 35.5. The van der Waals surface area contributed by atoms with E-state index in [-0.39, 0.29) is 22.8 Å². The summed E-state index contributed by atoms with van der Waals surface area (Å²) in [5.74, 6) is 1.30. The molecule has 11 heteroatoms. The second-order valence-electron chi connectivity index (χ2n) is 8.82. The van der Waals surface area contributed by atoms with E-state index >= 15 is 0 Å². The minimum atomic E-state index is -3.56. The zero-order chi connectivity index (χ0) is 23.7. The van der Waals surface area contributed by atoms with Gasteiger partial charge < -0.3 is 5.32 Å². The number of aromatic nitrogens is 1. The van der Waals surface area contributed by atoms with Crippen molar-refractivity contribution in [1.29, 1.82) is 0 Å². The molecule has 2 unspecified atom stereocenters. The third kappa shape index (κ3) is 4.62. The van der Waals surface area contributed by atoms with Gasteiger partial charge in [0.1, 0.15) is 19.8 Å². The van der Waals surface area contributed by atoms with Gasteiger partial charge in [-0.15, -0.1) is 0 Å². The molecule has 0 spiro atoms. The second kappa shape index (κ2) is 9.52. The van der Waals surface area contributed by atoms with Crippen LogP contribution in [0.4, 0.5) is 0 Å². The number of halogens is 1. The van der Waals surface area contributed by atoms with Gasteiger partial charge in [0.15, 0.2) is 0 Å². The van der Waals surface area contributed by atoms with Crippen LogP contribution in [0.5, 0.6) is 0 Å². The number of hydrazone groups is 1. The van der Waals surface area contributed by atoms with Gasteiger partial charge in [-0.25, -0.2) is 13.4 Å². The van der Waals surface area contributed by atoms with Gasteiger partial charge >= 0.3 is 0 Å². The standard InChI is InChI=1S/C23H26BClN6O2S/c24-20-15-28-31-22(27-14-16-3-2-8-26-13-16)12-21(29-23(20)31)17-6-9-30(10-7-17)34(32,33)19-5-1-4-18(25)11-19/h1-5,8,11-13,15,17,20,23,27H,6-7,9-10,14,24H2. The van der Waals surface area contributed by atoms with E-state index in [1.807, 2.05) is 29.6 Å². The van der Waals surface area contributed by atoms with Crippen LogP contribution in [0.15, 0.2) is 75.7 Å². The Morgan fingerprint density at radius 3 is 2.74 bits per heavy atom.